The van der Waals surface area contributed by atoms with Crippen LogP contribution in [-0.2, 0) is 11.2 Å². The van der Waals surface area contributed by atoms with E-state index in [-0.39, 0.29) is 23.9 Å². The molecule has 0 radical (unpaired) electrons. The minimum atomic E-state index is -0.969. The first-order valence-corrected chi connectivity index (χ1v) is 8.23. The lowest BCUT2D eigenvalue weighted by molar-refractivity contribution is -0.131. The zero-order valence-electron chi connectivity index (χ0n) is 13.7. The van der Waals surface area contributed by atoms with Crippen LogP contribution >= 0.6 is 0 Å². The van der Waals surface area contributed by atoms with Crippen molar-refractivity contribution in [1.29, 1.82) is 0 Å². The summed E-state index contributed by atoms with van der Waals surface area (Å²) in [5.41, 5.74) is 3.34. The molecule has 124 valence electrons. The van der Waals surface area contributed by atoms with E-state index in [1.807, 2.05) is 17.0 Å². The van der Waals surface area contributed by atoms with Gasteiger partial charge in [0.05, 0.1) is 18.0 Å². The van der Waals surface area contributed by atoms with E-state index < -0.39 is 5.97 Å². The van der Waals surface area contributed by atoms with Crippen LogP contribution in [0.1, 0.15) is 45.9 Å². The van der Waals surface area contributed by atoms with E-state index in [4.69, 9.17) is 5.11 Å². The smallest absolute Gasteiger partial charge is 0.335 e. The molecule has 1 fully saturated rings. The highest BCUT2D eigenvalue weighted by molar-refractivity contribution is 5.88. The maximum atomic E-state index is 12.7. The van der Waals surface area contributed by atoms with Crippen LogP contribution in [0.5, 0.6) is 0 Å². The number of carbonyl (C=O) groups is 2. The summed E-state index contributed by atoms with van der Waals surface area (Å²) < 4.78 is 0. The Balaban J connectivity index is 1.76. The summed E-state index contributed by atoms with van der Waals surface area (Å²) in [5, 5.41) is 9.08. The molecule has 1 amide bonds. The third-order valence-corrected chi connectivity index (χ3v) is 4.53. The fourth-order valence-corrected chi connectivity index (χ4v) is 3.38. The Hall–Kier alpha value is -2.62. The van der Waals surface area contributed by atoms with E-state index in [0.717, 1.165) is 24.9 Å². The fourth-order valence-electron chi connectivity index (χ4n) is 3.38. The first kappa shape index (κ1) is 16.2. The molecule has 0 spiro atoms. The van der Waals surface area contributed by atoms with Gasteiger partial charge in [-0.25, -0.2) is 4.79 Å². The van der Waals surface area contributed by atoms with Crippen molar-refractivity contribution in [2.45, 2.75) is 32.2 Å². The Morgan fingerprint density at radius 2 is 1.96 bits per heavy atom. The number of carbonyl (C=O) groups excluding carboxylic acids is 1. The highest BCUT2D eigenvalue weighted by atomic mass is 16.4. The molecule has 24 heavy (non-hydrogen) atoms. The summed E-state index contributed by atoms with van der Waals surface area (Å²) in [4.78, 5) is 25.7. The number of hydrogen-bond donors (Lipinski definition) is 1. The Bertz CT molecular complexity index is 769. The molecule has 1 aliphatic heterocycles. The number of carboxylic acids is 1. The lowest BCUT2D eigenvalue weighted by atomic mass is 10.0. The van der Waals surface area contributed by atoms with E-state index >= 15 is 0 Å². The van der Waals surface area contributed by atoms with Crippen molar-refractivity contribution < 1.29 is 14.7 Å². The monoisotopic (exact) mass is 323 g/mol. The van der Waals surface area contributed by atoms with Crippen LogP contribution in [0.15, 0.2) is 48.5 Å². The minimum absolute atomic E-state index is 0.0570. The number of hydrogen-bond acceptors (Lipinski definition) is 2. The van der Waals surface area contributed by atoms with Crippen molar-refractivity contribution in [3.63, 3.8) is 0 Å². The van der Waals surface area contributed by atoms with Gasteiger partial charge < -0.3 is 10.0 Å². The van der Waals surface area contributed by atoms with Crippen molar-refractivity contribution >= 4 is 11.9 Å². The minimum Gasteiger partial charge on any atom is -0.478 e. The summed E-state index contributed by atoms with van der Waals surface area (Å²) in [6.07, 6.45) is 2.22. The third kappa shape index (κ3) is 3.48. The fraction of sp³-hybridized carbons (Fsp3) is 0.300. The second-order valence-electron chi connectivity index (χ2n) is 6.34. The maximum Gasteiger partial charge on any atom is 0.335 e. The Kier molecular flexibility index (Phi) is 4.65. The number of aromatic carboxylic acids is 1. The van der Waals surface area contributed by atoms with Gasteiger partial charge in [0.15, 0.2) is 0 Å². The van der Waals surface area contributed by atoms with Crippen LogP contribution in [-0.4, -0.2) is 28.4 Å². The van der Waals surface area contributed by atoms with Gasteiger partial charge in [-0.1, -0.05) is 42.0 Å². The largest absolute Gasteiger partial charge is 0.478 e. The van der Waals surface area contributed by atoms with Gasteiger partial charge in [-0.2, -0.15) is 0 Å². The molecule has 0 aliphatic carbocycles. The van der Waals surface area contributed by atoms with Crippen molar-refractivity contribution in [2.75, 3.05) is 6.54 Å². The van der Waals surface area contributed by atoms with Gasteiger partial charge in [-0.15, -0.1) is 0 Å². The number of rotatable bonds is 4. The van der Waals surface area contributed by atoms with E-state index in [0.29, 0.717) is 0 Å². The molecule has 1 atom stereocenters. The number of nitrogens with zero attached hydrogens (tertiary/aromatic N) is 1. The molecule has 4 heteroatoms. The normalized spacial score (nSPS) is 17.0. The van der Waals surface area contributed by atoms with E-state index in [1.54, 1.807) is 18.2 Å². The second kappa shape index (κ2) is 6.87. The lowest BCUT2D eigenvalue weighted by Gasteiger charge is -2.25. The predicted molar refractivity (Wildman–Crippen MR) is 92.0 cm³/mol. The van der Waals surface area contributed by atoms with Crippen LogP contribution < -0.4 is 0 Å². The lowest BCUT2D eigenvalue weighted by Crippen LogP contribution is -2.31. The van der Waals surface area contributed by atoms with E-state index in [1.165, 1.54) is 11.1 Å². The van der Waals surface area contributed by atoms with Gasteiger partial charge in [0.1, 0.15) is 0 Å². The van der Waals surface area contributed by atoms with Crippen molar-refractivity contribution in [3.8, 4) is 0 Å². The van der Waals surface area contributed by atoms with E-state index in [2.05, 4.69) is 25.1 Å². The summed E-state index contributed by atoms with van der Waals surface area (Å²) in [7, 11) is 0. The molecule has 1 unspecified atom stereocenters. The highest BCUT2D eigenvalue weighted by Crippen LogP contribution is 2.32. The molecule has 1 aliphatic rings. The van der Waals surface area contributed by atoms with Crippen LogP contribution in [0.2, 0.25) is 0 Å². The average Bonchev–Trinajstić information content (AvgIpc) is 3.05. The van der Waals surface area contributed by atoms with Gasteiger partial charge in [-0.05, 0) is 43.0 Å². The number of benzene rings is 2. The van der Waals surface area contributed by atoms with Crippen molar-refractivity contribution in [2.24, 2.45) is 0 Å². The maximum absolute atomic E-state index is 12.7. The molecular formula is C20H21NO3. The molecule has 1 saturated heterocycles. The van der Waals surface area contributed by atoms with Crippen LogP contribution in [0.4, 0.5) is 0 Å². The number of likely N-dealkylation sites (tertiary alicyclic amines) is 1. The highest BCUT2D eigenvalue weighted by Gasteiger charge is 2.29. The number of aryl methyl sites for hydroxylation is 1. The van der Waals surface area contributed by atoms with Gasteiger partial charge in [0.25, 0.3) is 0 Å². The molecular weight excluding hydrogens is 302 g/mol. The molecule has 1 heterocycles. The molecule has 2 aromatic carbocycles. The first-order valence-electron chi connectivity index (χ1n) is 8.23. The summed E-state index contributed by atoms with van der Waals surface area (Å²) >= 11 is 0. The zero-order chi connectivity index (χ0) is 17.1. The van der Waals surface area contributed by atoms with E-state index in [9.17, 15) is 9.59 Å². The molecule has 0 saturated carbocycles. The van der Waals surface area contributed by atoms with Crippen LogP contribution in [0, 0.1) is 6.92 Å². The SMILES string of the molecule is Cc1cccc(C2CCCN2C(=O)Cc2cccc(C(=O)O)c2)c1. The Morgan fingerprint density at radius 1 is 1.17 bits per heavy atom. The molecule has 0 bridgehead atoms. The molecule has 4 nitrogen and oxygen atoms in total. The topological polar surface area (TPSA) is 57.6 Å². The van der Waals surface area contributed by atoms with Crippen molar-refractivity contribution in [1.82, 2.24) is 4.90 Å². The standard InChI is InChI=1S/C20H21NO3/c1-14-5-2-7-16(11-14)18-9-4-10-21(18)19(22)13-15-6-3-8-17(12-15)20(23)24/h2-3,5-8,11-12,18H,4,9-10,13H2,1H3,(H,23,24). The van der Waals surface area contributed by atoms with Crippen LogP contribution in [0.3, 0.4) is 0 Å². The second-order valence-corrected chi connectivity index (χ2v) is 6.34. The number of amides is 1. The Morgan fingerprint density at radius 3 is 2.71 bits per heavy atom. The van der Waals surface area contributed by atoms with Gasteiger partial charge in [-0.3, -0.25) is 4.79 Å². The quantitative estimate of drug-likeness (QED) is 0.935. The van der Waals surface area contributed by atoms with Gasteiger partial charge >= 0.3 is 5.97 Å². The first-order chi connectivity index (χ1) is 11.5. The third-order valence-electron chi connectivity index (χ3n) is 4.53. The van der Waals surface area contributed by atoms with Crippen LogP contribution in [0.25, 0.3) is 0 Å². The average molecular weight is 323 g/mol. The number of carboxylic acid groups (broad SMARTS) is 1. The molecule has 0 aromatic heterocycles. The predicted octanol–water partition coefficient (Wildman–Crippen LogP) is 3.60. The summed E-state index contributed by atoms with van der Waals surface area (Å²) in [6.45, 7) is 2.82. The molecule has 3 rings (SSSR count). The van der Waals surface area contributed by atoms with Crippen molar-refractivity contribution in [3.05, 3.63) is 70.8 Å². The van der Waals surface area contributed by atoms with Gasteiger partial charge in [0.2, 0.25) is 5.91 Å². The summed E-state index contributed by atoms with van der Waals surface area (Å²) in [6, 6.07) is 15.1. The zero-order valence-corrected chi connectivity index (χ0v) is 13.7. The summed E-state index contributed by atoms with van der Waals surface area (Å²) in [5.74, 6) is -0.912. The molecule has 2 aromatic rings. The molecule has 1 N–H and O–H groups in total. The van der Waals surface area contributed by atoms with Gasteiger partial charge in [0, 0.05) is 6.54 Å². The Labute approximate surface area is 141 Å².